The second-order valence-electron chi connectivity index (χ2n) is 7.42. The Hall–Kier alpha value is -3.02. The minimum absolute atomic E-state index is 0.0690. The SMILES string of the molecule is Cc1cc(NC(=O)CN2CCN(CC(=O)Nc3ccnn3Cc3cccs3)CC2)no1. The molecule has 0 aliphatic carbocycles. The molecule has 0 bridgehead atoms. The largest absolute Gasteiger partial charge is 0.360 e. The second-order valence-corrected chi connectivity index (χ2v) is 8.46. The molecule has 2 amide bonds. The van der Waals surface area contributed by atoms with Gasteiger partial charge >= 0.3 is 0 Å². The lowest BCUT2D eigenvalue weighted by atomic mass is 10.3. The molecule has 11 heteroatoms. The Kier molecular flexibility index (Phi) is 6.75. The number of nitrogens with one attached hydrogen (secondary N) is 2. The van der Waals surface area contributed by atoms with Crippen LogP contribution in [-0.4, -0.2) is 75.8 Å². The first-order valence-electron chi connectivity index (χ1n) is 10.1. The van der Waals surface area contributed by atoms with Gasteiger partial charge in [0.1, 0.15) is 11.6 Å². The molecule has 31 heavy (non-hydrogen) atoms. The number of hydrogen-bond donors (Lipinski definition) is 2. The van der Waals surface area contributed by atoms with E-state index in [0.717, 1.165) is 26.2 Å². The summed E-state index contributed by atoms with van der Waals surface area (Å²) in [7, 11) is 0. The summed E-state index contributed by atoms with van der Waals surface area (Å²) in [5, 5.41) is 15.8. The highest BCUT2D eigenvalue weighted by atomic mass is 32.1. The zero-order valence-corrected chi connectivity index (χ0v) is 18.1. The molecule has 2 N–H and O–H groups in total. The van der Waals surface area contributed by atoms with Crippen molar-refractivity contribution in [3.63, 3.8) is 0 Å². The summed E-state index contributed by atoms with van der Waals surface area (Å²) in [6.45, 7) is 5.88. The molecule has 1 saturated heterocycles. The molecule has 4 rings (SSSR count). The topological polar surface area (TPSA) is 109 Å². The summed E-state index contributed by atoms with van der Waals surface area (Å²) in [5.74, 6) is 1.57. The molecule has 0 radical (unpaired) electrons. The molecule has 0 spiro atoms. The maximum absolute atomic E-state index is 12.5. The number of nitrogens with zero attached hydrogens (tertiary/aromatic N) is 5. The van der Waals surface area contributed by atoms with Gasteiger partial charge in [-0.15, -0.1) is 11.3 Å². The smallest absolute Gasteiger partial charge is 0.239 e. The van der Waals surface area contributed by atoms with Crippen molar-refractivity contribution in [1.82, 2.24) is 24.7 Å². The summed E-state index contributed by atoms with van der Waals surface area (Å²) >= 11 is 1.66. The summed E-state index contributed by atoms with van der Waals surface area (Å²) in [5.41, 5.74) is 0. The Morgan fingerprint density at radius 1 is 1.10 bits per heavy atom. The second kappa shape index (κ2) is 9.86. The van der Waals surface area contributed by atoms with Crippen LogP contribution >= 0.6 is 11.3 Å². The maximum atomic E-state index is 12.5. The van der Waals surface area contributed by atoms with Crippen molar-refractivity contribution in [2.24, 2.45) is 0 Å². The molecular formula is C20H25N7O3S. The van der Waals surface area contributed by atoms with Crippen LogP contribution in [0.5, 0.6) is 0 Å². The summed E-state index contributed by atoms with van der Waals surface area (Å²) in [4.78, 5) is 30.0. The van der Waals surface area contributed by atoms with Gasteiger partial charge in [-0.3, -0.25) is 19.4 Å². The number of hydrogen-bond acceptors (Lipinski definition) is 8. The first kappa shape index (κ1) is 21.2. The van der Waals surface area contributed by atoms with E-state index in [1.165, 1.54) is 4.88 Å². The van der Waals surface area contributed by atoms with Gasteiger partial charge in [0.25, 0.3) is 0 Å². The van der Waals surface area contributed by atoms with E-state index < -0.39 is 0 Å². The number of rotatable bonds is 8. The molecule has 0 unspecified atom stereocenters. The van der Waals surface area contributed by atoms with Crippen LogP contribution in [0.2, 0.25) is 0 Å². The fourth-order valence-electron chi connectivity index (χ4n) is 3.42. The zero-order valence-electron chi connectivity index (χ0n) is 17.3. The Bertz CT molecular complexity index is 1010. The minimum atomic E-state index is -0.126. The van der Waals surface area contributed by atoms with Crippen molar-refractivity contribution in [2.75, 3.05) is 49.9 Å². The quantitative estimate of drug-likeness (QED) is 0.543. The maximum Gasteiger partial charge on any atom is 0.239 e. The average molecular weight is 444 g/mol. The third kappa shape index (κ3) is 6.00. The highest BCUT2D eigenvalue weighted by Crippen LogP contribution is 2.14. The molecule has 1 aliphatic rings. The van der Waals surface area contributed by atoms with Gasteiger partial charge in [0, 0.05) is 43.2 Å². The Labute approximate surface area is 183 Å². The molecule has 1 aliphatic heterocycles. The first-order valence-corrected chi connectivity index (χ1v) is 10.9. The van der Waals surface area contributed by atoms with Gasteiger partial charge in [-0.25, -0.2) is 4.68 Å². The standard InChI is InChI=1S/C20H25N7O3S/c1-15-11-17(24-30-15)22-19(28)13-25-6-8-26(9-7-25)14-20(29)23-18-4-5-21-27(18)12-16-3-2-10-31-16/h2-5,10-11H,6-9,12-14H2,1H3,(H,23,29)(H,22,24,28). The number of piperazine rings is 1. The van der Waals surface area contributed by atoms with Crippen molar-refractivity contribution in [3.8, 4) is 0 Å². The normalized spacial score (nSPS) is 15.1. The van der Waals surface area contributed by atoms with E-state index in [4.69, 9.17) is 4.52 Å². The van der Waals surface area contributed by atoms with Gasteiger partial charge < -0.3 is 15.2 Å². The zero-order chi connectivity index (χ0) is 21.6. The fourth-order valence-corrected chi connectivity index (χ4v) is 4.10. The molecule has 10 nitrogen and oxygen atoms in total. The van der Waals surface area contributed by atoms with E-state index in [-0.39, 0.29) is 18.4 Å². The van der Waals surface area contributed by atoms with Crippen LogP contribution in [0.3, 0.4) is 0 Å². The van der Waals surface area contributed by atoms with Crippen LogP contribution in [0, 0.1) is 6.92 Å². The van der Waals surface area contributed by atoms with Gasteiger partial charge in [-0.2, -0.15) is 5.10 Å². The van der Waals surface area contributed by atoms with E-state index in [1.807, 2.05) is 17.5 Å². The van der Waals surface area contributed by atoms with Gasteiger partial charge in [0.2, 0.25) is 11.8 Å². The molecule has 4 heterocycles. The Balaban J connectivity index is 1.19. The van der Waals surface area contributed by atoms with E-state index in [0.29, 0.717) is 30.5 Å². The lowest BCUT2D eigenvalue weighted by molar-refractivity contribution is -0.120. The third-order valence-electron chi connectivity index (χ3n) is 4.96. The summed E-state index contributed by atoms with van der Waals surface area (Å²) < 4.78 is 6.74. The van der Waals surface area contributed by atoms with E-state index in [2.05, 4.69) is 30.7 Å². The highest BCUT2D eigenvalue weighted by Gasteiger charge is 2.21. The molecule has 3 aromatic rings. The summed E-state index contributed by atoms with van der Waals surface area (Å²) in [6, 6.07) is 7.53. The molecule has 1 fully saturated rings. The Morgan fingerprint density at radius 3 is 2.42 bits per heavy atom. The van der Waals surface area contributed by atoms with Gasteiger partial charge in [-0.05, 0) is 18.4 Å². The van der Waals surface area contributed by atoms with Crippen LogP contribution in [0.4, 0.5) is 11.6 Å². The molecular weight excluding hydrogens is 418 g/mol. The van der Waals surface area contributed by atoms with Crippen molar-refractivity contribution in [1.29, 1.82) is 0 Å². The minimum Gasteiger partial charge on any atom is -0.360 e. The number of aromatic nitrogens is 3. The number of anilines is 2. The predicted octanol–water partition coefficient (Wildman–Crippen LogP) is 1.48. The molecule has 3 aromatic heterocycles. The molecule has 0 saturated carbocycles. The van der Waals surface area contributed by atoms with E-state index in [1.54, 1.807) is 41.3 Å². The first-order chi connectivity index (χ1) is 15.0. The molecule has 0 aromatic carbocycles. The molecule has 0 atom stereocenters. The number of carbonyl (C=O) groups is 2. The number of amides is 2. The van der Waals surface area contributed by atoms with Crippen molar-refractivity contribution < 1.29 is 14.1 Å². The van der Waals surface area contributed by atoms with Gasteiger partial charge in [-0.1, -0.05) is 11.2 Å². The van der Waals surface area contributed by atoms with Crippen molar-refractivity contribution in [2.45, 2.75) is 13.5 Å². The lowest BCUT2D eigenvalue weighted by Gasteiger charge is -2.33. The van der Waals surface area contributed by atoms with Crippen LogP contribution in [0.15, 0.2) is 40.4 Å². The number of carbonyl (C=O) groups excluding carboxylic acids is 2. The molecule has 164 valence electrons. The van der Waals surface area contributed by atoms with E-state index in [9.17, 15) is 9.59 Å². The predicted molar refractivity (Wildman–Crippen MR) is 117 cm³/mol. The van der Waals surface area contributed by atoms with E-state index >= 15 is 0 Å². The number of thiophene rings is 1. The lowest BCUT2D eigenvalue weighted by Crippen LogP contribution is -2.50. The van der Waals surface area contributed by atoms with Crippen LogP contribution < -0.4 is 10.6 Å². The third-order valence-corrected chi connectivity index (χ3v) is 5.83. The van der Waals surface area contributed by atoms with Crippen LogP contribution in [0.1, 0.15) is 10.6 Å². The monoisotopic (exact) mass is 443 g/mol. The van der Waals surface area contributed by atoms with Crippen molar-refractivity contribution >= 4 is 34.8 Å². The van der Waals surface area contributed by atoms with Gasteiger partial charge in [0.05, 0.1) is 25.8 Å². The van der Waals surface area contributed by atoms with Crippen molar-refractivity contribution in [3.05, 3.63) is 46.5 Å². The summed E-state index contributed by atoms with van der Waals surface area (Å²) in [6.07, 6.45) is 1.69. The highest BCUT2D eigenvalue weighted by molar-refractivity contribution is 7.09. The van der Waals surface area contributed by atoms with Gasteiger partial charge in [0.15, 0.2) is 5.82 Å². The average Bonchev–Trinajstić information content (AvgIpc) is 3.48. The Morgan fingerprint density at radius 2 is 1.81 bits per heavy atom. The number of aryl methyl sites for hydroxylation is 1. The fraction of sp³-hybridized carbons (Fsp3) is 0.400. The van der Waals surface area contributed by atoms with Crippen LogP contribution in [-0.2, 0) is 16.1 Å². The van der Waals surface area contributed by atoms with Crippen LogP contribution in [0.25, 0.3) is 0 Å².